The number of aryl methyl sites for hydroxylation is 2. The number of H-pyrrole nitrogens is 1. The standard InChI is InChI=1S/C10H20N4O2S/c1-4-6-14(7-5-11)17(15,16)10-8(2)12-13-9(10)3/h4-7,11H2,1-3H3,(H,12,13). The van der Waals surface area contributed by atoms with Crippen molar-refractivity contribution >= 4 is 10.0 Å². The van der Waals surface area contributed by atoms with Crippen molar-refractivity contribution in [3.63, 3.8) is 0 Å². The molecule has 0 unspecified atom stereocenters. The molecule has 0 fully saturated rings. The van der Waals surface area contributed by atoms with Gasteiger partial charge in [0.15, 0.2) is 0 Å². The van der Waals surface area contributed by atoms with Crippen LogP contribution in [0.3, 0.4) is 0 Å². The van der Waals surface area contributed by atoms with E-state index < -0.39 is 10.0 Å². The molecule has 0 aliphatic rings. The highest BCUT2D eigenvalue weighted by Crippen LogP contribution is 2.21. The van der Waals surface area contributed by atoms with Crippen molar-refractivity contribution in [2.75, 3.05) is 19.6 Å². The van der Waals surface area contributed by atoms with E-state index in [9.17, 15) is 8.42 Å². The number of rotatable bonds is 6. The van der Waals surface area contributed by atoms with E-state index in [2.05, 4.69) is 10.2 Å². The van der Waals surface area contributed by atoms with Crippen LogP contribution < -0.4 is 5.73 Å². The van der Waals surface area contributed by atoms with Crippen LogP contribution in [-0.2, 0) is 10.0 Å². The number of hydrogen-bond acceptors (Lipinski definition) is 4. The topological polar surface area (TPSA) is 92.1 Å². The molecule has 1 heterocycles. The highest BCUT2D eigenvalue weighted by molar-refractivity contribution is 7.89. The molecular formula is C10H20N4O2S. The minimum absolute atomic E-state index is 0.277. The zero-order valence-corrected chi connectivity index (χ0v) is 11.3. The number of nitrogens with zero attached hydrogens (tertiary/aromatic N) is 2. The highest BCUT2D eigenvalue weighted by atomic mass is 32.2. The van der Waals surface area contributed by atoms with Gasteiger partial charge >= 0.3 is 0 Å². The van der Waals surface area contributed by atoms with Crippen LogP contribution in [0.4, 0.5) is 0 Å². The maximum atomic E-state index is 12.4. The Bertz CT molecular complexity index is 441. The number of nitrogens with two attached hydrogens (primary N) is 1. The first-order valence-corrected chi connectivity index (χ1v) is 7.11. The number of aromatic amines is 1. The maximum absolute atomic E-state index is 12.4. The van der Waals surface area contributed by atoms with Crippen molar-refractivity contribution in [2.45, 2.75) is 32.1 Å². The van der Waals surface area contributed by atoms with Crippen molar-refractivity contribution in [2.24, 2.45) is 5.73 Å². The molecule has 17 heavy (non-hydrogen) atoms. The minimum atomic E-state index is -3.48. The lowest BCUT2D eigenvalue weighted by Crippen LogP contribution is -2.36. The van der Waals surface area contributed by atoms with Gasteiger partial charge < -0.3 is 5.73 Å². The molecule has 0 saturated heterocycles. The molecule has 7 heteroatoms. The highest BCUT2D eigenvalue weighted by Gasteiger charge is 2.28. The zero-order chi connectivity index (χ0) is 13.1. The summed E-state index contributed by atoms with van der Waals surface area (Å²) in [5.41, 5.74) is 6.53. The van der Waals surface area contributed by atoms with Crippen molar-refractivity contribution < 1.29 is 8.42 Å². The summed E-state index contributed by atoms with van der Waals surface area (Å²) in [5.74, 6) is 0. The lowest BCUT2D eigenvalue weighted by atomic mass is 10.4. The molecule has 0 saturated carbocycles. The Balaban J connectivity index is 3.16. The molecule has 1 aromatic heterocycles. The first kappa shape index (κ1) is 14.1. The maximum Gasteiger partial charge on any atom is 0.246 e. The summed E-state index contributed by atoms with van der Waals surface area (Å²) in [4.78, 5) is 0.277. The lowest BCUT2D eigenvalue weighted by molar-refractivity contribution is 0.417. The fraction of sp³-hybridized carbons (Fsp3) is 0.700. The van der Waals surface area contributed by atoms with Crippen molar-refractivity contribution in [1.29, 1.82) is 0 Å². The quantitative estimate of drug-likeness (QED) is 0.773. The predicted molar refractivity (Wildman–Crippen MR) is 66.2 cm³/mol. The van der Waals surface area contributed by atoms with Gasteiger partial charge in [-0.3, -0.25) is 5.10 Å². The second kappa shape index (κ2) is 5.61. The van der Waals surface area contributed by atoms with Gasteiger partial charge in [0.2, 0.25) is 10.0 Å². The summed E-state index contributed by atoms with van der Waals surface area (Å²) >= 11 is 0. The second-order valence-corrected chi connectivity index (χ2v) is 5.83. The van der Waals surface area contributed by atoms with Gasteiger partial charge in [0.25, 0.3) is 0 Å². The summed E-state index contributed by atoms with van der Waals surface area (Å²) in [6.45, 7) is 6.45. The Labute approximate surface area is 102 Å². The average molecular weight is 260 g/mol. The number of hydrogen-bond donors (Lipinski definition) is 2. The third kappa shape index (κ3) is 2.85. The van der Waals surface area contributed by atoms with Crippen LogP contribution in [0.15, 0.2) is 4.90 Å². The Hall–Kier alpha value is -0.920. The molecule has 1 rings (SSSR count). The van der Waals surface area contributed by atoms with Gasteiger partial charge in [-0.1, -0.05) is 6.92 Å². The van der Waals surface area contributed by atoms with Gasteiger partial charge in [-0.25, -0.2) is 8.42 Å². The van der Waals surface area contributed by atoms with Gasteiger partial charge in [-0.05, 0) is 20.3 Å². The molecule has 0 radical (unpaired) electrons. The number of aromatic nitrogens is 2. The Morgan fingerprint density at radius 1 is 1.35 bits per heavy atom. The molecule has 0 bridgehead atoms. The smallest absolute Gasteiger partial charge is 0.246 e. The molecular weight excluding hydrogens is 240 g/mol. The van der Waals surface area contributed by atoms with Gasteiger partial charge in [0.05, 0.1) is 11.4 Å². The molecule has 0 atom stereocenters. The van der Waals surface area contributed by atoms with Gasteiger partial charge in [-0.2, -0.15) is 9.40 Å². The minimum Gasteiger partial charge on any atom is -0.329 e. The van der Waals surface area contributed by atoms with Gasteiger partial charge in [-0.15, -0.1) is 0 Å². The SMILES string of the molecule is CCCN(CCN)S(=O)(=O)c1c(C)n[nH]c1C. The predicted octanol–water partition coefficient (Wildman–Crippen LogP) is 0.386. The van der Waals surface area contributed by atoms with Crippen LogP contribution in [0, 0.1) is 13.8 Å². The summed E-state index contributed by atoms with van der Waals surface area (Å²) in [6.07, 6.45) is 0.759. The molecule has 0 aliphatic heterocycles. The van der Waals surface area contributed by atoms with Crippen LogP contribution in [0.5, 0.6) is 0 Å². The van der Waals surface area contributed by atoms with E-state index in [0.29, 0.717) is 31.0 Å². The van der Waals surface area contributed by atoms with Crippen LogP contribution in [0.1, 0.15) is 24.7 Å². The number of nitrogens with one attached hydrogen (secondary N) is 1. The Morgan fingerprint density at radius 2 is 2.00 bits per heavy atom. The van der Waals surface area contributed by atoms with Crippen LogP contribution >= 0.6 is 0 Å². The van der Waals surface area contributed by atoms with E-state index in [0.717, 1.165) is 6.42 Å². The van der Waals surface area contributed by atoms with E-state index >= 15 is 0 Å². The first-order chi connectivity index (χ1) is 7.95. The van der Waals surface area contributed by atoms with Crippen LogP contribution in [0.2, 0.25) is 0 Å². The van der Waals surface area contributed by atoms with Crippen LogP contribution in [0.25, 0.3) is 0 Å². The van der Waals surface area contributed by atoms with Gasteiger partial charge in [0.1, 0.15) is 4.90 Å². The molecule has 98 valence electrons. The summed E-state index contributed by atoms with van der Waals surface area (Å²) in [5, 5.41) is 6.62. The summed E-state index contributed by atoms with van der Waals surface area (Å²) in [7, 11) is -3.48. The molecule has 6 nitrogen and oxygen atoms in total. The molecule has 0 spiro atoms. The molecule has 0 amide bonds. The fourth-order valence-corrected chi connectivity index (χ4v) is 3.67. The molecule has 0 aliphatic carbocycles. The average Bonchev–Trinajstić information content (AvgIpc) is 2.58. The van der Waals surface area contributed by atoms with Crippen LogP contribution in [-0.4, -0.2) is 42.6 Å². The van der Waals surface area contributed by atoms with E-state index in [1.165, 1.54) is 4.31 Å². The Kier molecular flexibility index (Phi) is 4.67. The van der Waals surface area contributed by atoms with Gasteiger partial charge in [0, 0.05) is 19.6 Å². The largest absolute Gasteiger partial charge is 0.329 e. The van der Waals surface area contributed by atoms with Crippen molar-refractivity contribution in [3.05, 3.63) is 11.4 Å². The monoisotopic (exact) mass is 260 g/mol. The van der Waals surface area contributed by atoms with Crippen molar-refractivity contribution in [1.82, 2.24) is 14.5 Å². The second-order valence-electron chi connectivity index (χ2n) is 3.96. The van der Waals surface area contributed by atoms with E-state index in [1.807, 2.05) is 6.92 Å². The van der Waals surface area contributed by atoms with E-state index in [-0.39, 0.29) is 4.90 Å². The van der Waals surface area contributed by atoms with E-state index in [1.54, 1.807) is 13.8 Å². The Morgan fingerprint density at radius 3 is 2.41 bits per heavy atom. The zero-order valence-electron chi connectivity index (χ0n) is 10.5. The summed E-state index contributed by atoms with van der Waals surface area (Å²) in [6, 6.07) is 0. The van der Waals surface area contributed by atoms with E-state index in [4.69, 9.17) is 5.73 Å². The fourth-order valence-electron chi connectivity index (χ4n) is 1.80. The summed E-state index contributed by atoms with van der Waals surface area (Å²) < 4.78 is 26.3. The van der Waals surface area contributed by atoms with Crippen molar-refractivity contribution in [3.8, 4) is 0 Å². The third-order valence-corrected chi connectivity index (χ3v) is 4.67. The lowest BCUT2D eigenvalue weighted by Gasteiger charge is -2.20. The third-order valence-electron chi connectivity index (χ3n) is 2.51. The molecule has 3 N–H and O–H groups in total. The normalized spacial score (nSPS) is 12.3. The first-order valence-electron chi connectivity index (χ1n) is 5.67. The number of sulfonamides is 1. The molecule has 0 aromatic carbocycles. The molecule has 1 aromatic rings.